The number of halogens is 1. The number of nitrogens with zero attached hydrogens (tertiary/aromatic N) is 2. The molecule has 0 radical (unpaired) electrons. The van der Waals surface area contributed by atoms with Crippen LogP contribution in [0.1, 0.15) is 10.4 Å². The lowest BCUT2D eigenvalue weighted by Gasteiger charge is -2.07. The Morgan fingerprint density at radius 2 is 1.95 bits per heavy atom. The van der Waals surface area contributed by atoms with Gasteiger partial charge in [-0.2, -0.15) is 0 Å². The summed E-state index contributed by atoms with van der Waals surface area (Å²) in [5, 5.41) is 9.98. The third kappa shape index (κ3) is 2.16. The van der Waals surface area contributed by atoms with Crippen LogP contribution in [0.5, 0.6) is 0 Å². The van der Waals surface area contributed by atoms with Gasteiger partial charge in [0.15, 0.2) is 0 Å². The normalized spacial score (nSPS) is 10.7. The van der Waals surface area contributed by atoms with Crippen LogP contribution in [-0.4, -0.2) is 21.0 Å². The Bertz CT molecular complexity index is 804. The summed E-state index contributed by atoms with van der Waals surface area (Å²) in [4.78, 5) is 20.2. The summed E-state index contributed by atoms with van der Waals surface area (Å²) in [6.07, 6.45) is 1.65. The average molecular weight is 329 g/mol. The first-order valence-electron chi connectivity index (χ1n) is 5.91. The Balaban J connectivity index is 2.36. The van der Waals surface area contributed by atoms with Crippen molar-refractivity contribution in [1.82, 2.24) is 9.97 Å². The van der Waals surface area contributed by atoms with Crippen LogP contribution in [0.2, 0.25) is 0 Å². The Hall–Kier alpha value is -2.27. The molecule has 3 rings (SSSR count). The first-order chi connectivity index (χ1) is 9.66. The lowest BCUT2D eigenvalue weighted by atomic mass is 10.1. The van der Waals surface area contributed by atoms with Crippen molar-refractivity contribution >= 4 is 32.8 Å². The van der Waals surface area contributed by atoms with Crippen molar-refractivity contribution in [1.29, 1.82) is 0 Å². The van der Waals surface area contributed by atoms with E-state index in [9.17, 15) is 9.90 Å². The predicted molar refractivity (Wildman–Crippen MR) is 79.6 cm³/mol. The van der Waals surface area contributed by atoms with Gasteiger partial charge in [-0.3, -0.25) is 4.98 Å². The predicted octanol–water partition coefficient (Wildman–Crippen LogP) is 3.76. The summed E-state index contributed by atoms with van der Waals surface area (Å²) >= 11 is 3.41. The molecule has 0 atom stereocenters. The molecule has 0 aliphatic rings. The molecular formula is C15H9BrN2O2. The summed E-state index contributed by atoms with van der Waals surface area (Å²) in [5.74, 6) is -0.979. The van der Waals surface area contributed by atoms with Gasteiger partial charge in [-0.1, -0.05) is 18.2 Å². The molecule has 2 aromatic heterocycles. The van der Waals surface area contributed by atoms with E-state index in [1.807, 2.05) is 12.1 Å². The highest BCUT2D eigenvalue weighted by Gasteiger charge is 2.14. The van der Waals surface area contributed by atoms with E-state index in [1.54, 1.807) is 36.5 Å². The Morgan fingerprint density at radius 3 is 2.65 bits per heavy atom. The van der Waals surface area contributed by atoms with Gasteiger partial charge < -0.3 is 5.11 Å². The largest absolute Gasteiger partial charge is 0.478 e. The van der Waals surface area contributed by atoms with Crippen molar-refractivity contribution in [3.8, 4) is 11.4 Å². The minimum atomic E-state index is -0.979. The van der Waals surface area contributed by atoms with E-state index in [1.165, 1.54) is 0 Å². The molecule has 0 spiro atoms. The highest BCUT2D eigenvalue weighted by Crippen LogP contribution is 2.28. The van der Waals surface area contributed by atoms with E-state index in [4.69, 9.17) is 0 Å². The molecule has 20 heavy (non-hydrogen) atoms. The van der Waals surface area contributed by atoms with Crippen molar-refractivity contribution in [2.24, 2.45) is 0 Å². The van der Waals surface area contributed by atoms with Gasteiger partial charge in [0.2, 0.25) is 0 Å². The van der Waals surface area contributed by atoms with E-state index in [2.05, 4.69) is 25.9 Å². The standard InChI is InChI=1S/C15H9BrN2O2/c16-11-5-3-4-9-10(15(19)20)8-13(18-14(9)11)12-6-1-2-7-17-12/h1-8H,(H,19,20). The molecule has 1 N–H and O–H groups in total. The number of hydrogen-bond acceptors (Lipinski definition) is 3. The second-order valence-corrected chi connectivity index (χ2v) is 5.07. The molecule has 0 fully saturated rings. The molecule has 5 heteroatoms. The number of benzene rings is 1. The van der Waals surface area contributed by atoms with Gasteiger partial charge in [0.1, 0.15) is 0 Å². The minimum Gasteiger partial charge on any atom is -0.478 e. The number of para-hydroxylation sites is 1. The SMILES string of the molecule is O=C(O)c1cc(-c2ccccn2)nc2c(Br)cccc12. The molecule has 98 valence electrons. The number of carboxylic acids is 1. The zero-order valence-electron chi connectivity index (χ0n) is 10.2. The van der Waals surface area contributed by atoms with Crippen LogP contribution in [-0.2, 0) is 0 Å². The van der Waals surface area contributed by atoms with Gasteiger partial charge in [0.25, 0.3) is 0 Å². The van der Waals surface area contributed by atoms with E-state index in [-0.39, 0.29) is 5.56 Å². The zero-order chi connectivity index (χ0) is 14.1. The third-order valence-electron chi connectivity index (χ3n) is 2.95. The van der Waals surface area contributed by atoms with Crippen LogP contribution < -0.4 is 0 Å². The first-order valence-corrected chi connectivity index (χ1v) is 6.70. The summed E-state index contributed by atoms with van der Waals surface area (Å²) in [6, 6.07) is 12.4. The fraction of sp³-hybridized carbons (Fsp3) is 0. The first kappa shape index (κ1) is 12.7. The lowest BCUT2D eigenvalue weighted by Crippen LogP contribution is -2.01. The van der Waals surface area contributed by atoms with Gasteiger partial charge in [-0.05, 0) is 40.2 Å². The van der Waals surface area contributed by atoms with Gasteiger partial charge >= 0.3 is 5.97 Å². The van der Waals surface area contributed by atoms with Crippen molar-refractivity contribution in [2.75, 3.05) is 0 Å². The maximum absolute atomic E-state index is 11.4. The fourth-order valence-corrected chi connectivity index (χ4v) is 2.49. The topological polar surface area (TPSA) is 63.1 Å². The summed E-state index contributed by atoms with van der Waals surface area (Å²) < 4.78 is 0.760. The molecule has 0 aliphatic carbocycles. The quantitative estimate of drug-likeness (QED) is 0.778. The molecule has 0 amide bonds. The number of hydrogen-bond donors (Lipinski definition) is 1. The molecule has 1 aromatic carbocycles. The number of rotatable bonds is 2. The van der Waals surface area contributed by atoms with Crippen molar-refractivity contribution < 1.29 is 9.90 Å². The van der Waals surface area contributed by atoms with Crippen molar-refractivity contribution in [2.45, 2.75) is 0 Å². The van der Waals surface area contributed by atoms with Gasteiger partial charge in [-0.25, -0.2) is 9.78 Å². The molecule has 0 aliphatic heterocycles. The number of aromatic nitrogens is 2. The second kappa shape index (κ2) is 5.02. The van der Waals surface area contributed by atoms with Crippen LogP contribution in [0.4, 0.5) is 0 Å². The summed E-state index contributed by atoms with van der Waals surface area (Å²) in [6.45, 7) is 0. The van der Waals surface area contributed by atoms with E-state index >= 15 is 0 Å². The van der Waals surface area contributed by atoms with E-state index in [0.717, 1.165) is 4.47 Å². The molecule has 2 heterocycles. The fourth-order valence-electron chi connectivity index (χ4n) is 2.04. The minimum absolute atomic E-state index is 0.219. The highest BCUT2D eigenvalue weighted by atomic mass is 79.9. The number of carbonyl (C=O) groups is 1. The molecular weight excluding hydrogens is 320 g/mol. The molecule has 0 bridgehead atoms. The monoisotopic (exact) mass is 328 g/mol. The Kier molecular flexibility index (Phi) is 3.20. The Labute approximate surface area is 123 Å². The van der Waals surface area contributed by atoms with Gasteiger partial charge in [0.05, 0.1) is 22.5 Å². The van der Waals surface area contributed by atoms with E-state index in [0.29, 0.717) is 22.3 Å². The smallest absolute Gasteiger partial charge is 0.336 e. The Morgan fingerprint density at radius 1 is 1.10 bits per heavy atom. The lowest BCUT2D eigenvalue weighted by molar-refractivity contribution is 0.0699. The molecule has 4 nitrogen and oxygen atoms in total. The summed E-state index contributed by atoms with van der Waals surface area (Å²) in [7, 11) is 0. The van der Waals surface area contributed by atoms with Crippen LogP contribution in [0, 0.1) is 0 Å². The molecule has 0 saturated carbocycles. The van der Waals surface area contributed by atoms with Crippen LogP contribution in [0.25, 0.3) is 22.3 Å². The second-order valence-electron chi connectivity index (χ2n) is 4.21. The van der Waals surface area contributed by atoms with Gasteiger partial charge in [0, 0.05) is 16.1 Å². The number of carboxylic acid groups (broad SMARTS) is 1. The molecule has 3 aromatic rings. The number of pyridine rings is 2. The molecule has 0 unspecified atom stereocenters. The van der Waals surface area contributed by atoms with Gasteiger partial charge in [-0.15, -0.1) is 0 Å². The maximum Gasteiger partial charge on any atom is 0.336 e. The summed E-state index contributed by atoms with van der Waals surface area (Å²) in [5.41, 5.74) is 2.03. The van der Waals surface area contributed by atoms with E-state index < -0.39 is 5.97 Å². The third-order valence-corrected chi connectivity index (χ3v) is 3.59. The highest BCUT2D eigenvalue weighted by molar-refractivity contribution is 9.10. The number of aromatic carboxylic acids is 1. The van der Waals surface area contributed by atoms with Crippen molar-refractivity contribution in [3.05, 3.63) is 58.7 Å². The van der Waals surface area contributed by atoms with Crippen LogP contribution >= 0.6 is 15.9 Å². The zero-order valence-corrected chi connectivity index (χ0v) is 11.8. The number of fused-ring (bicyclic) bond motifs is 1. The van der Waals surface area contributed by atoms with Crippen LogP contribution in [0.3, 0.4) is 0 Å². The molecule has 0 saturated heterocycles. The van der Waals surface area contributed by atoms with Crippen LogP contribution in [0.15, 0.2) is 53.1 Å². The van der Waals surface area contributed by atoms with Crippen molar-refractivity contribution in [3.63, 3.8) is 0 Å². The maximum atomic E-state index is 11.4. The average Bonchev–Trinajstić information content (AvgIpc) is 2.47.